The largest absolute Gasteiger partial charge is 0.504 e. The third-order valence-corrected chi connectivity index (χ3v) is 12.4. The van der Waals surface area contributed by atoms with E-state index in [4.69, 9.17) is 4.43 Å². The molecule has 0 radical (unpaired) electrons. The van der Waals surface area contributed by atoms with Crippen LogP contribution in [0.3, 0.4) is 0 Å². The minimum absolute atomic E-state index is 0.0320. The molecule has 0 N–H and O–H groups in total. The molecule has 0 amide bonds. The van der Waals surface area contributed by atoms with Crippen molar-refractivity contribution in [2.45, 2.75) is 95.9 Å². The maximum atomic E-state index is 13.4. The van der Waals surface area contributed by atoms with Gasteiger partial charge in [-0.15, -0.1) is 13.2 Å². The molecular weight excluding hydrogens is 548 g/mol. The molecule has 2 aromatic heterocycles. The van der Waals surface area contributed by atoms with Crippen LogP contribution in [0.5, 0.6) is 0 Å². The molecule has 1 saturated carbocycles. The van der Waals surface area contributed by atoms with E-state index in [1.54, 1.807) is 18.7 Å². The van der Waals surface area contributed by atoms with Crippen molar-refractivity contribution < 1.29 is 17.6 Å². The van der Waals surface area contributed by atoms with Crippen molar-refractivity contribution in [3.63, 3.8) is 0 Å². The minimum atomic E-state index is -4.54. The lowest BCUT2D eigenvalue weighted by Crippen LogP contribution is -2.46. The summed E-state index contributed by atoms with van der Waals surface area (Å²) in [5.74, 6) is 0.409. The lowest BCUT2D eigenvalue weighted by Gasteiger charge is -2.43. The van der Waals surface area contributed by atoms with E-state index in [1.807, 2.05) is 27.2 Å². The SMILES string of the molecule is CC(C)(C)[Si](C)(C)OC(CC(c1nn(C(F)(F)F)cc1I)n1ccnc1)C1CCCCC1. The van der Waals surface area contributed by atoms with E-state index < -0.39 is 14.6 Å². The van der Waals surface area contributed by atoms with Crippen molar-refractivity contribution >= 4 is 30.9 Å². The maximum Gasteiger partial charge on any atom is 0.504 e. The molecule has 0 aromatic carbocycles. The van der Waals surface area contributed by atoms with Crippen LogP contribution in [0.15, 0.2) is 24.9 Å². The fraction of sp³-hybridized carbons (Fsp3) is 0.727. The number of alkyl halides is 3. The van der Waals surface area contributed by atoms with Gasteiger partial charge in [0.25, 0.3) is 0 Å². The summed E-state index contributed by atoms with van der Waals surface area (Å²) in [4.78, 5) is 4.16. The average molecular weight is 583 g/mol. The van der Waals surface area contributed by atoms with E-state index in [-0.39, 0.29) is 21.9 Å². The van der Waals surface area contributed by atoms with Crippen LogP contribution in [0.2, 0.25) is 18.1 Å². The molecule has 1 aliphatic carbocycles. The van der Waals surface area contributed by atoms with E-state index in [2.05, 4.69) is 43.9 Å². The summed E-state index contributed by atoms with van der Waals surface area (Å²) in [5, 5.41) is 4.02. The zero-order chi connectivity index (χ0) is 23.7. The second kappa shape index (κ2) is 9.77. The van der Waals surface area contributed by atoms with Gasteiger partial charge in [0.1, 0.15) is 0 Å². The number of imidazole rings is 1. The number of aromatic nitrogens is 4. The van der Waals surface area contributed by atoms with Crippen molar-refractivity contribution in [3.05, 3.63) is 34.2 Å². The lowest BCUT2D eigenvalue weighted by atomic mass is 9.83. The molecule has 0 bridgehead atoms. The Hall–Kier alpha value is -0.883. The van der Waals surface area contributed by atoms with Gasteiger partial charge in [-0.1, -0.05) is 40.0 Å². The summed E-state index contributed by atoms with van der Waals surface area (Å²) in [6.07, 6.45) is 7.99. The number of hydrogen-bond acceptors (Lipinski definition) is 3. The normalized spacial score (nSPS) is 18.7. The topological polar surface area (TPSA) is 44.9 Å². The molecule has 0 saturated heterocycles. The van der Waals surface area contributed by atoms with E-state index in [1.165, 1.54) is 19.3 Å². The summed E-state index contributed by atoms with van der Waals surface area (Å²) in [7, 11) is -2.08. The van der Waals surface area contributed by atoms with Crippen LogP contribution >= 0.6 is 22.6 Å². The van der Waals surface area contributed by atoms with Crippen molar-refractivity contribution in [3.8, 4) is 0 Å². The highest BCUT2D eigenvalue weighted by atomic mass is 127. The van der Waals surface area contributed by atoms with E-state index in [0.717, 1.165) is 19.0 Å². The third-order valence-electron chi connectivity index (χ3n) is 7.04. The molecule has 1 fully saturated rings. The molecule has 3 rings (SSSR count). The second-order valence-electron chi connectivity index (χ2n) is 10.4. The Bertz CT molecular complexity index is 871. The first-order valence-electron chi connectivity index (χ1n) is 11.3. The van der Waals surface area contributed by atoms with Gasteiger partial charge >= 0.3 is 6.30 Å². The van der Waals surface area contributed by atoms with Gasteiger partial charge in [0, 0.05) is 18.6 Å². The van der Waals surface area contributed by atoms with Gasteiger partial charge in [-0.05, 0) is 65.9 Å². The fourth-order valence-electron chi connectivity index (χ4n) is 4.17. The summed E-state index contributed by atoms with van der Waals surface area (Å²) >= 11 is 1.95. The van der Waals surface area contributed by atoms with Crippen molar-refractivity contribution in [2.24, 2.45) is 5.92 Å². The Balaban J connectivity index is 1.98. The molecule has 5 nitrogen and oxygen atoms in total. The van der Waals surface area contributed by atoms with E-state index >= 15 is 0 Å². The predicted octanol–water partition coefficient (Wildman–Crippen LogP) is 7.11. The van der Waals surface area contributed by atoms with Gasteiger partial charge in [0.05, 0.1) is 27.7 Å². The molecule has 10 heteroatoms. The van der Waals surface area contributed by atoms with Crippen LogP contribution in [0.4, 0.5) is 13.2 Å². The monoisotopic (exact) mass is 582 g/mol. The molecule has 2 unspecified atom stereocenters. The first kappa shape index (κ1) is 25.7. The van der Waals surface area contributed by atoms with Crippen LogP contribution in [-0.2, 0) is 10.7 Å². The van der Waals surface area contributed by atoms with Crippen molar-refractivity contribution in [1.82, 2.24) is 19.3 Å². The maximum absolute atomic E-state index is 13.4. The van der Waals surface area contributed by atoms with Crippen molar-refractivity contribution in [1.29, 1.82) is 0 Å². The number of hydrogen-bond donors (Lipinski definition) is 0. The van der Waals surface area contributed by atoms with E-state index in [9.17, 15) is 13.2 Å². The molecule has 2 heterocycles. The van der Waals surface area contributed by atoms with Crippen LogP contribution in [-0.4, -0.2) is 33.8 Å². The highest BCUT2D eigenvalue weighted by Gasteiger charge is 2.42. The number of rotatable bonds is 7. The summed E-state index contributed by atoms with van der Waals surface area (Å²) in [6.45, 7) is 11.2. The first-order valence-corrected chi connectivity index (χ1v) is 15.3. The molecule has 32 heavy (non-hydrogen) atoms. The van der Waals surface area contributed by atoms with Gasteiger partial charge in [0.2, 0.25) is 0 Å². The average Bonchev–Trinajstić information content (AvgIpc) is 3.34. The standard InChI is InChI=1S/C22H34F3IN4OSi/c1-21(2,3)32(4,5)31-19(16-9-7-6-8-10-16)13-18(29-12-11-27-15-29)20-17(26)14-30(28-20)22(23,24)25/h11-12,14-16,18-19H,6-10,13H2,1-5H3. The molecule has 0 aliphatic heterocycles. The zero-order valence-corrected chi connectivity index (χ0v) is 22.7. The molecule has 1 aliphatic rings. The van der Waals surface area contributed by atoms with Gasteiger partial charge < -0.3 is 8.99 Å². The Morgan fingerprint density at radius 3 is 2.34 bits per heavy atom. The van der Waals surface area contributed by atoms with Gasteiger partial charge in [-0.3, -0.25) is 0 Å². The Morgan fingerprint density at radius 1 is 1.19 bits per heavy atom. The Morgan fingerprint density at radius 2 is 1.84 bits per heavy atom. The van der Waals surface area contributed by atoms with Gasteiger partial charge in [-0.25, -0.2) is 4.98 Å². The van der Waals surface area contributed by atoms with Gasteiger partial charge in [-0.2, -0.15) is 9.78 Å². The minimum Gasteiger partial charge on any atom is -0.414 e. The van der Waals surface area contributed by atoms with Crippen LogP contribution in [0, 0.1) is 9.49 Å². The number of halogens is 4. The second-order valence-corrected chi connectivity index (χ2v) is 16.3. The summed E-state index contributed by atoms with van der Waals surface area (Å²) in [6, 6.07) is -0.371. The highest BCUT2D eigenvalue weighted by molar-refractivity contribution is 14.1. The smallest absolute Gasteiger partial charge is 0.414 e. The van der Waals surface area contributed by atoms with Crippen molar-refractivity contribution in [2.75, 3.05) is 0 Å². The summed E-state index contributed by atoms with van der Waals surface area (Å²) in [5.41, 5.74) is 0.417. The predicted molar refractivity (Wildman–Crippen MR) is 130 cm³/mol. The summed E-state index contributed by atoms with van der Waals surface area (Å²) < 4.78 is 49.5. The highest BCUT2D eigenvalue weighted by Crippen LogP contribution is 2.42. The molecule has 2 aromatic rings. The Kier molecular flexibility index (Phi) is 7.86. The number of nitrogens with zero attached hydrogens (tertiary/aromatic N) is 4. The molecular formula is C22H34F3IN4OSi. The first-order chi connectivity index (χ1) is 14.8. The van der Waals surface area contributed by atoms with E-state index in [0.29, 0.717) is 21.6 Å². The molecule has 2 atom stereocenters. The molecule has 0 spiro atoms. The molecule has 180 valence electrons. The quantitative estimate of drug-likeness (QED) is 0.258. The van der Waals surface area contributed by atoms with Crippen LogP contribution in [0.1, 0.15) is 71.0 Å². The van der Waals surface area contributed by atoms with Crippen LogP contribution in [0.25, 0.3) is 0 Å². The van der Waals surface area contributed by atoms with Crippen LogP contribution < -0.4 is 0 Å². The lowest BCUT2D eigenvalue weighted by molar-refractivity contribution is -0.212. The fourth-order valence-corrected chi connectivity index (χ4v) is 6.30. The zero-order valence-electron chi connectivity index (χ0n) is 19.5. The Labute approximate surface area is 203 Å². The van der Waals surface area contributed by atoms with Gasteiger partial charge in [0.15, 0.2) is 8.32 Å². The third kappa shape index (κ3) is 5.97.